The van der Waals surface area contributed by atoms with Crippen LogP contribution in [0.25, 0.3) is 0 Å². The topological polar surface area (TPSA) is 26.3 Å². The molecule has 0 saturated heterocycles. The summed E-state index contributed by atoms with van der Waals surface area (Å²) < 4.78 is 5.81. The van der Waals surface area contributed by atoms with Gasteiger partial charge in [-0.25, -0.2) is 0 Å². The Morgan fingerprint density at radius 1 is 1.27 bits per heavy atom. The van der Waals surface area contributed by atoms with Crippen LogP contribution < -0.4 is 0 Å². The molecule has 0 amide bonds. The van der Waals surface area contributed by atoms with Gasteiger partial charge in [-0.2, -0.15) is 0 Å². The third-order valence-electron chi connectivity index (χ3n) is 3.76. The predicted octanol–water partition coefficient (Wildman–Crippen LogP) is 3.10. The van der Waals surface area contributed by atoms with Gasteiger partial charge in [0.1, 0.15) is 5.60 Å². The fourth-order valence-electron chi connectivity index (χ4n) is 2.67. The second-order valence-electron chi connectivity index (χ2n) is 5.06. The summed E-state index contributed by atoms with van der Waals surface area (Å²) in [6.45, 7) is 2.68. The number of rotatable bonds is 5. The van der Waals surface area contributed by atoms with Gasteiger partial charge in [0.25, 0.3) is 0 Å². The molecular formula is C13H22O2. The zero-order chi connectivity index (χ0) is 10.7. The first kappa shape index (κ1) is 11.1. The van der Waals surface area contributed by atoms with E-state index in [4.69, 9.17) is 4.74 Å². The minimum absolute atomic E-state index is 0.379. The van der Waals surface area contributed by atoms with E-state index in [2.05, 4.69) is 0 Å². The van der Waals surface area contributed by atoms with Crippen molar-refractivity contribution < 1.29 is 9.53 Å². The molecule has 2 aliphatic rings. The number of ether oxygens (including phenoxy) is 1. The SMILES string of the molecule is CCOC1(C(=O)CC2CC2)CCCCC1. The summed E-state index contributed by atoms with van der Waals surface area (Å²) in [4.78, 5) is 12.2. The van der Waals surface area contributed by atoms with Crippen molar-refractivity contribution in [3.8, 4) is 0 Å². The van der Waals surface area contributed by atoms with Crippen LogP contribution in [0.2, 0.25) is 0 Å². The van der Waals surface area contributed by atoms with E-state index < -0.39 is 0 Å². The first-order valence-electron chi connectivity index (χ1n) is 6.44. The summed E-state index contributed by atoms with van der Waals surface area (Å²) in [5.74, 6) is 1.09. The van der Waals surface area contributed by atoms with Crippen molar-refractivity contribution in [2.24, 2.45) is 5.92 Å². The number of carbonyl (C=O) groups excluding carboxylic acids is 1. The molecule has 0 aromatic carbocycles. The van der Waals surface area contributed by atoms with Crippen molar-refractivity contribution in [1.29, 1.82) is 0 Å². The summed E-state index contributed by atoms with van der Waals surface area (Å²) in [6.07, 6.45) is 8.82. The maximum atomic E-state index is 12.2. The number of Topliss-reactive ketones (excluding diaryl/α,β-unsaturated/α-hetero) is 1. The molecule has 2 fully saturated rings. The van der Waals surface area contributed by atoms with Crippen LogP contribution >= 0.6 is 0 Å². The Bertz CT molecular complexity index is 219. The average Bonchev–Trinajstić information content (AvgIpc) is 3.03. The summed E-state index contributed by atoms with van der Waals surface area (Å²) >= 11 is 0. The van der Waals surface area contributed by atoms with Crippen LogP contribution in [0.15, 0.2) is 0 Å². The predicted molar refractivity (Wildman–Crippen MR) is 59.8 cm³/mol. The zero-order valence-corrected chi connectivity index (χ0v) is 9.76. The van der Waals surface area contributed by atoms with Crippen molar-refractivity contribution in [2.75, 3.05) is 6.61 Å². The minimum atomic E-state index is -0.379. The van der Waals surface area contributed by atoms with Gasteiger partial charge in [-0.15, -0.1) is 0 Å². The van der Waals surface area contributed by atoms with E-state index in [1.807, 2.05) is 6.92 Å². The van der Waals surface area contributed by atoms with Crippen LogP contribution in [0.5, 0.6) is 0 Å². The van der Waals surface area contributed by atoms with E-state index in [-0.39, 0.29) is 5.60 Å². The maximum Gasteiger partial charge on any atom is 0.164 e. The van der Waals surface area contributed by atoms with Crippen molar-refractivity contribution in [2.45, 2.75) is 63.9 Å². The minimum Gasteiger partial charge on any atom is -0.368 e. The summed E-state index contributed by atoms with van der Waals surface area (Å²) in [6, 6.07) is 0. The van der Waals surface area contributed by atoms with Crippen LogP contribution in [0.4, 0.5) is 0 Å². The monoisotopic (exact) mass is 210 g/mol. The molecule has 2 aliphatic carbocycles. The lowest BCUT2D eigenvalue weighted by Crippen LogP contribution is -2.43. The highest BCUT2D eigenvalue weighted by atomic mass is 16.5. The smallest absolute Gasteiger partial charge is 0.164 e. The van der Waals surface area contributed by atoms with Crippen molar-refractivity contribution in [3.05, 3.63) is 0 Å². The van der Waals surface area contributed by atoms with Gasteiger partial charge in [-0.05, 0) is 38.5 Å². The second-order valence-corrected chi connectivity index (χ2v) is 5.06. The fourth-order valence-corrected chi connectivity index (χ4v) is 2.67. The average molecular weight is 210 g/mol. The molecule has 0 bridgehead atoms. The van der Waals surface area contributed by atoms with E-state index in [1.54, 1.807) is 0 Å². The third kappa shape index (κ3) is 2.60. The lowest BCUT2D eigenvalue weighted by molar-refractivity contribution is -0.149. The fraction of sp³-hybridized carbons (Fsp3) is 0.923. The van der Waals surface area contributed by atoms with E-state index in [1.165, 1.54) is 19.3 Å². The Balaban J connectivity index is 1.98. The van der Waals surface area contributed by atoms with Crippen LogP contribution in [0.1, 0.15) is 58.3 Å². The molecule has 0 aromatic rings. The molecule has 0 aliphatic heterocycles. The van der Waals surface area contributed by atoms with Gasteiger partial charge < -0.3 is 4.74 Å². The van der Waals surface area contributed by atoms with Gasteiger partial charge in [0.15, 0.2) is 5.78 Å². The third-order valence-corrected chi connectivity index (χ3v) is 3.76. The normalized spacial score (nSPS) is 25.1. The first-order chi connectivity index (χ1) is 7.27. The molecule has 2 saturated carbocycles. The Kier molecular flexibility index (Phi) is 3.45. The number of ketones is 1. The van der Waals surface area contributed by atoms with Gasteiger partial charge in [0, 0.05) is 13.0 Å². The Labute approximate surface area is 92.4 Å². The Morgan fingerprint density at radius 3 is 2.47 bits per heavy atom. The van der Waals surface area contributed by atoms with E-state index in [9.17, 15) is 4.79 Å². The van der Waals surface area contributed by atoms with Gasteiger partial charge in [-0.1, -0.05) is 19.3 Å². The van der Waals surface area contributed by atoms with Crippen molar-refractivity contribution in [1.82, 2.24) is 0 Å². The zero-order valence-electron chi connectivity index (χ0n) is 9.76. The van der Waals surface area contributed by atoms with Gasteiger partial charge in [0.2, 0.25) is 0 Å². The largest absolute Gasteiger partial charge is 0.368 e. The van der Waals surface area contributed by atoms with Gasteiger partial charge in [0.05, 0.1) is 0 Å². The quantitative estimate of drug-likeness (QED) is 0.697. The van der Waals surface area contributed by atoms with E-state index >= 15 is 0 Å². The van der Waals surface area contributed by atoms with Crippen molar-refractivity contribution >= 4 is 5.78 Å². The van der Waals surface area contributed by atoms with Gasteiger partial charge in [-0.3, -0.25) is 4.79 Å². The summed E-state index contributed by atoms with van der Waals surface area (Å²) in [5, 5.41) is 0. The highest BCUT2D eigenvalue weighted by molar-refractivity contribution is 5.87. The number of hydrogen-bond acceptors (Lipinski definition) is 2. The highest BCUT2D eigenvalue weighted by Crippen LogP contribution is 2.39. The molecule has 0 heterocycles. The van der Waals surface area contributed by atoms with Crippen LogP contribution in [0.3, 0.4) is 0 Å². The second kappa shape index (κ2) is 4.65. The molecule has 0 atom stereocenters. The molecular weight excluding hydrogens is 188 g/mol. The molecule has 0 N–H and O–H groups in total. The summed E-state index contributed by atoms with van der Waals surface area (Å²) in [7, 11) is 0. The first-order valence-corrected chi connectivity index (χ1v) is 6.44. The Morgan fingerprint density at radius 2 is 1.93 bits per heavy atom. The van der Waals surface area contributed by atoms with E-state index in [0.29, 0.717) is 18.3 Å². The molecule has 0 unspecified atom stereocenters. The van der Waals surface area contributed by atoms with Gasteiger partial charge >= 0.3 is 0 Å². The lowest BCUT2D eigenvalue weighted by atomic mass is 9.80. The highest BCUT2D eigenvalue weighted by Gasteiger charge is 2.41. The van der Waals surface area contributed by atoms with Crippen LogP contribution in [0, 0.1) is 5.92 Å². The molecule has 15 heavy (non-hydrogen) atoms. The van der Waals surface area contributed by atoms with Crippen LogP contribution in [-0.2, 0) is 9.53 Å². The number of carbonyl (C=O) groups is 1. The standard InChI is InChI=1S/C13H22O2/c1-2-15-13(8-4-3-5-9-13)12(14)10-11-6-7-11/h11H,2-10H2,1H3. The molecule has 0 radical (unpaired) electrons. The number of hydrogen-bond donors (Lipinski definition) is 0. The molecule has 2 heteroatoms. The summed E-state index contributed by atoms with van der Waals surface area (Å²) in [5.41, 5.74) is -0.379. The van der Waals surface area contributed by atoms with Crippen LogP contribution in [-0.4, -0.2) is 18.0 Å². The van der Waals surface area contributed by atoms with E-state index in [0.717, 1.165) is 32.1 Å². The molecule has 2 nitrogen and oxygen atoms in total. The maximum absolute atomic E-state index is 12.2. The van der Waals surface area contributed by atoms with Crippen molar-refractivity contribution in [3.63, 3.8) is 0 Å². The molecule has 2 rings (SSSR count). The molecule has 0 spiro atoms. The molecule has 86 valence electrons. The Hall–Kier alpha value is -0.370. The lowest BCUT2D eigenvalue weighted by Gasteiger charge is -2.35. The molecule has 0 aromatic heterocycles.